The smallest absolute Gasteiger partial charge is 0.117 e. The fraction of sp³-hybridized carbons (Fsp3) is 0.222. The Morgan fingerprint density at radius 3 is 1.93 bits per heavy atom. The molecule has 0 bridgehead atoms. The maximum absolute atomic E-state index is 10.8. The lowest BCUT2D eigenvalue weighted by molar-refractivity contribution is 0.0911. The number of hydrogen-bond donors (Lipinski definition) is 1. The summed E-state index contributed by atoms with van der Waals surface area (Å²) in [6.45, 7) is 1.94. The molecule has 3 atom stereocenters. The molecule has 0 spiro atoms. The van der Waals surface area contributed by atoms with Gasteiger partial charge in [-0.05, 0) is 36.1 Å². The van der Waals surface area contributed by atoms with Crippen LogP contribution in [0, 0.1) is 11.3 Å². The molecular weight excluding hydrogens is 368 g/mol. The minimum absolute atomic E-state index is 0.0618. The van der Waals surface area contributed by atoms with Crippen LogP contribution >= 0.6 is 0 Å². The summed E-state index contributed by atoms with van der Waals surface area (Å²) in [6, 6.07) is 32.3. The molecule has 30 heavy (non-hydrogen) atoms. The van der Waals surface area contributed by atoms with Crippen molar-refractivity contribution in [3.63, 3.8) is 0 Å². The van der Waals surface area contributed by atoms with Gasteiger partial charge in [0.2, 0.25) is 0 Å². The molecule has 0 aliphatic rings. The number of aliphatic hydroxyl groups excluding tert-OH is 1. The Labute approximate surface area is 179 Å². The first-order chi connectivity index (χ1) is 14.6. The lowest BCUT2D eigenvalue weighted by Gasteiger charge is -2.31. The van der Waals surface area contributed by atoms with E-state index in [2.05, 4.69) is 30.3 Å². The van der Waals surface area contributed by atoms with Gasteiger partial charge in [-0.1, -0.05) is 91.0 Å². The molecule has 0 saturated carbocycles. The van der Waals surface area contributed by atoms with E-state index >= 15 is 0 Å². The summed E-state index contributed by atoms with van der Waals surface area (Å²) < 4.78 is 0. The van der Waals surface area contributed by atoms with E-state index in [0.717, 1.165) is 12.0 Å². The Morgan fingerprint density at radius 2 is 1.40 bits per heavy atom. The van der Waals surface area contributed by atoms with Crippen LogP contribution in [0.5, 0.6) is 0 Å². The molecule has 3 unspecified atom stereocenters. The van der Waals surface area contributed by atoms with Crippen molar-refractivity contribution in [2.24, 2.45) is 0 Å². The van der Waals surface area contributed by atoms with Gasteiger partial charge in [0.15, 0.2) is 0 Å². The van der Waals surface area contributed by atoms with Gasteiger partial charge in [-0.3, -0.25) is 0 Å². The number of benzene rings is 3. The Kier molecular flexibility index (Phi) is 7.43. The molecule has 0 aromatic heterocycles. The van der Waals surface area contributed by atoms with E-state index in [-0.39, 0.29) is 12.0 Å². The summed E-state index contributed by atoms with van der Waals surface area (Å²) in [4.78, 5) is 1.87. The minimum atomic E-state index is -0.683. The summed E-state index contributed by atoms with van der Waals surface area (Å²) in [6.07, 6.45) is 2.15. The summed E-state index contributed by atoms with van der Waals surface area (Å²) in [5, 5.41) is 20.7. The van der Waals surface area contributed by atoms with Gasteiger partial charge in [-0.25, -0.2) is 0 Å². The Bertz CT molecular complexity index is 978. The highest BCUT2D eigenvalue weighted by Crippen LogP contribution is 2.27. The maximum Gasteiger partial charge on any atom is 0.117 e. The quantitative estimate of drug-likeness (QED) is 0.513. The van der Waals surface area contributed by atoms with Crippen LogP contribution in [-0.4, -0.2) is 23.1 Å². The summed E-state index contributed by atoms with van der Waals surface area (Å²) in [5.41, 5.74) is 3.79. The van der Waals surface area contributed by atoms with Gasteiger partial charge in [0.25, 0.3) is 0 Å². The van der Waals surface area contributed by atoms with Crippen LogP contribution in [0.2, 0.25) is 0 Å². The van der Waals surface area contributed by atoms with Gasteiger partial charge in [-0.2, -0.15) is 5.26 Å². The standard InChI is InChI=1S/C27H28N2O/c1-21(27(30)24-16-10-5-11-17-24)29(2)26(20-28)19-25(23-14-8-4-9-15-23)18-22-12-6-3-7-13-22/h3-17,19,21,25,27,30H,18H2,1-2H3/b26-19+. The van der Waals surface area contributed by atoms with E-state index in [4.69, 9.17) is 0 Å². The normalized spacial score (nSPS) is 14.4. The van der Waals surface area contributed by atoms with Crippen LogP contribution in [0.3, 0.4) is 0 Å². The van der Waals surface area contributed by atoms with Gasteiger partial charge in [0.1, 0.15) is 11.8 Å². The zero-order valence-electron chi connectivity index (χ0n) is 17.5. The van der Waals surface area contributed by atoms with E-state index in [1.54, 1.807) is 0 Å². The monoisotopic (exact) mass is 396 g/mol. The third-order valence-corrected chi connectivity index (χ3v) is 5.59. The van der Waals surface area contributed by atoms with Gasteiger partial charge >= 0.3 is 0 Å². The second-order valence-electron chi connectivity index (χ2n) is 7.58. The summed E-state index contributed by atoms with van der Waals surface area (Å²) in [5.74, 6) is 0.0618. The summed E-state index contributed by atoms with van der Waals surface area (Å²) in [7, 11) is 1.87. The average Bonchev–Trinajstić information content (AvgIpc) is 2.82. The van der Waals surface area contributed by atoms with Crippen molar-refractivity contribution >= 4 is 0 Å². The third-order valence-electron chi connectivity index (χ3n) is 5.59. The molecule has 0 aliphatic carbocycles. The molecule has 3 aromatic carbocycles. The second-order valence-corrected chi connectivity index (χ2v) is 7.58. The highest BCUT2D eigenvalue weighted by atomic mass is 16.3. The molecule has 0 amide bonds. The molecular formula is C27H28N2O. The fourth-order valence-electron chi connectivity index (χ4n) is 3.63. The number of likely N-dealkylation sites (N-methyl/N-ethyl adjacent to an activating group) is 1. The molecule has 0 heterocycles. The van der Waals surface area contributed by atoms with Crippen molar-refractivity contribution < 1.29 is 5.11 Å². The maximum atomic E-state index is 10.8. The first kappa shape index (κ1) is 21.4. The molecule has 3 aromatic rings. The van der Waals surface area contributed by atoms with E-state index in [1.807, 2.05) is 91.7 Å². The first-order valence-electron chi connectivity index (χ1n) is 10.3. The molecule has 3 heteroatoms. The van der Waals surface area contributed by atoms with Crippen LogP contribution < -0.4 is 0 Å². The van der Waals surface area contributed by atoms with Crippen molar-refractivity contribution in [2.75, 3.05) is 7.05 Å². The number of nitrogens with zero attached hydrogens (tertiary/aromatic N) is 2. The van der Waals surface area contributed by atoms with Crippen molar-refractivity contribution in [1.82, 2.24) is 4.90 Å². The van der Waals surface area contributed by atoms with Gasteiger partial charge in [0, 0.05) is 13.0 Å². The Morgan fingerprint density at radius 1 is 0.900 bits per heavy atom. The fourth-order valence-corrected chi connectivity index (χ4v) is 3.63. The van der Waals surface area contributed by atoms with Crippen molar-refractivity contribution in [2.45, 2.75) is 31.4 Å². The van der Waals surface area contributed by atoms with Crippen LogP contribution in [0.15, 0.2) is 103 Å². The molecule has 0 fully saturated rings. The van der Waals surface area contributed by atoms with Gasteiger partial charge in [0.05, 0.1) is 12.1 Å². The lowest BCUT2D eigenvalue weighted by Crippen LogP contribution is -2.33. The average molecular weight is 397 g/mol. The molecule has 152 valence electrons. The molecule has 0 aliphatic heterocycles. The summed E-state index contributed by atoms with van der Waals surface area (Å²) >= 11 is 0. The van der Waals surface area contributed by atoms with Crippen molar-refractivity contribution in [3.8, 4) is 6.07 Å². The van der Waals surface area contributed by atoms with E-state index < -0.39 is 6.10 Å². The van der Waals surface area contributed by atoms with Crippen LogP contribution in [-0.2, 0) is 6.42 Å². The second kappa shape index (κ2) is 10.4. The molecule has 0 saturated heterocycles. The topological polar surface area (TPSA) is 47.3 Å². The number of rotatable bonds is 8. The van der Waals surface area contributed by atoms with E-state index in [1.165, 1.54) is 11.1 Å². The SMILES string of the molecule is CC(C(O)c1ccccc1)N(C)/C(C#N)=C/C(Cc1ccccc1)c1ccccc1. The van der Waals surface area contributed by atoms with Gasteiger partial charge < -0.3 is 10.0 Å². The molecule has 3 rings (SSSR count). The number of nitriles is 1. The van der Waals surface area contributed by atoms with Crippen molar-refractivity contribution in [1.29, 1.82) is 5.26 Å². The van der Waals surface area contributed by atoms with Crippen molar-refractivity contribution in [3.05, 3.63) is 119 Å². The van der Waals surface area contributed by atoms with Crippen LogP contribution in [0.4, 0.5) is 0 Å². The van der Waals surface area contributed by atoms with Crippen LogP contribution in [0.1, 0.15) is 35.6 Å². The van der Waals surface area contributed by atoms with E-state index in [0.29, 0.717) is 5.70 Å². The zero-order valence-corrected chi connectivity index (χ0v) is 17.5. The number of allylic oxidation sites excluding steroid dienone is 2. The van der Waals surface area contributed by atoms with Gasteiger partial charge in [-0.15, -0.1) is 0 Å². The van der Waals surface area contributed by atoms with Crippen LogP contribution in [0.25, 0.3) is 0 Å². The number of aliphatic hydroxyl groups is 1. The molecule has 1 N–H and O–H groups in total. The molecule has 3 nitrogen and oxygen atoms in total. The lowest BCUT2D eigenvalue weighted by atomic mass is 9.90. The predicted molar refractivity (Wildman–Crippen MR) is 122 cm³/mol. The minimum Gasteiger partial charge on any atom is -0.386 e. The third kappa shape index (κ3) is 5.37. The first-order valence-corrected chi connectivity index (χ1v) is 10.3. The Hall–Kier alpha value is -3.35. The van der Waals surface area contributed by atoms with E-state index in [9.17, 15) is 10.4 Å². The largest absolute Gasteiger partial charge is 0.386 e. The molecule has 0 radical (unpaired) electrons. The highest BCUT2D eigenvalue weighted by molar-refractivity contribution is 5.33. The Balaban J connectivity index is 1.88. The highest BCUT2D eigenvalue weighted by Gasteiger charge is 2.23. The zero-order chi connectivity index (χ0) is 21.3. The predicted octanol–water partition coefficient (Wildman–Crippen LogP) is 5.47. The number of hydrogen-bond acceptors (Lipinski definition) is 3.